The molecule has 0 saturated heterocycles. The van der Waals surface area contributed by atoms with Crippen LogP contribution in [0.15, 0.2) is 18.2 Å². The highest BCUT2D eigenvalue weighted by Gasteiger charge is 2.21. The van der Waals surface area contributed by atoms with Gasteiger partial charge in [0.2, 0.25) is 0 Å². The van der Waals surface area contributed by atoms with Gasteiger partial charge in [-0.05, 0) is 31.0 Å². The van der Waals surface area contributed by atoms with E-state index in [-0.39, 0.29) is 17.2 Å². The second-order valence-corrected chi connectivity index (χ2v) is 4.64. The Morgan fingerprint density at radius 1 is 1.42 bits per heavy atom. The van der Waals surface area contributed by atoms with Crippen molar-refractivity contribution in [1.82, 2.24) is 5.32 Å². The number of benzene rings is 1. The molecule has 106 valence electrons. The van der Waals surface area contributed by atoms with Crippen molar-refractivity contribution in [2.24, 2.45) is 5.73 Å². The summed E-state index contributed by atoms with van der Waals surface area (Å²) in [6.45, 7) is 4.40. The monoisotopic (exact) mass is 266 g/mol. The minimum Gasteiger partial charge on any atom is -0.504 e. The fourth-order valence-electron chi connectivity index (χ4n) is 1.69. The Bertz CT molecular complexity index is 442. The Kier molecular flexibility index (Phi) is 5.18. The van der Waals surface area contributed by atoms with Crippen molar-refractivity contribution < 1.29 is 14.6 Å². The van der Waals surface area contributed by atoms with Crippen LogP contribution < -0.4 is 15.8 Å². The smallest absolute Gasteiger partial charge is 0.251 e. The van der Waals surface area contributed by atoms with Crippen LogP contribution >= 0.6 is 0 Å². The molecule has 0 aliphatic heterocycles. The number of amides is 1. The lowest BCUT2D eigenvalue weighted by Crippen LogP contribution is -2.49. The maximum absolute atomic E-state index is 12.0. The van der Waals surface area contributed by atoms with Crippen molar-refractivity contribution in [3.63, 3.8) is 0 Å². The lowest BCUT2D eigenvalue weighted by Gasteiger charge is -2.26. The van der Waals surface area contributed by atoms with E-state index in [1.165, 1.54) is 13.2 Å². The van der Waals surface area contributed by atoms with Crippen molar-refractivity contribution in [2.45, 2.75) is 32.2 Å². The van der Waals surface area contributed by atoms with E-state index in [1.807, 2.05) is 13.8 Å². The van der Waals surface area contributed by atoms with E-state index in [0.717, 1.165) is 12.8 Å². The molecule has 0 spiro atoms. The number of phenolic OH excluding ortho intramolecular Hbond substituents is 1. The standard InChI is InChI=1S/C14H22N2O3/c1-4-14(15,5-2)9-16-13(18)10-6-7-12(19-3)11(17)8-10/h6-8,17H,4-5,9,15H2,1-3H3,(H,16,18). The minimum atomic E-state index is -0.385. The van der Waals surface area contributed by atoms with Crippen LogP contribution in [0.3, 0.4) is 0 Å². The van der Waals surface area contributed by atoms with Gasteiger partial charge < -0.3 is 20.9 Å². The van der Waals surface area contributed by atoms with Crippen molar-refractivity contribution in [3.05, 3.63) is 23.8 Å². The van der Waals surface area contributed by atoms with Gasteiger partial charge in [-0.25, -0.2) is 0 Å². The molecule has 5 heteroatoms. The number of methoxy groups -OCH3 is 1. The average Bonchev–Trinajstić information content (AvgIpc) is 2.44. The largest absolute Gasteiger partial charge is 0.504 e. The van der Waals surface area contributed by atoms with Crippen LogP contribution in [-0.4, -0.2) is 30.2 Å². The van der Waals surface area contributed by atoms with Crippen molar-refractivity contribution in [3.8, 4) is 11.5 Å². The van der Waals surface area contributed by atoms with E-state index in [4.69, 9.17) is 10.5 Å². The molecule has 19 heavy (non-hydrogen) atoms. The molecule has 5 nitrogen and oxygen atoms in total. The molecule has 0 radical (unpaired) electrons. The van der Waals surface area contributed by atoms with Crippen molar-refractivity contribution in [1.29, 1.82) is 0 Å². The molecule has 0 bridgehead atoms. The van der Waals surface area contributed by atoms with Gasteiger partial charge in [-0.15, -0.1) is 0 Å². The first-order valence-corrected chi connectivity index (χ1v) is 6.40. The van der Waals surface area contributed by atoms with E-state index in [0.29, 0.717) is 17.9 Å². The zero-order chi connectivity index (χ0) is 14.5. The number of hydrogen-bond acceptors (Lipinski definition) is 4. The molecular formula is C14H22N2O3. The van der Waals surface area contributed by atoms with E-state index >= 15 is 0 Å². The molecule has 0 unspecified atom stereocenters. The number of hydrogen-bond donors (Lipinski definition) is 3. The summed E-state index contributed by atoms with van der Waals surface area (Å²) < 4.78 is 4.93. The number of rotatable bonds is 6. The third-order valence-electron chi connectivity index (χ3n) is 3.45. The predicted molar refractivity (Wildman–Crippen MR) is 74.5 cm³/mol. The summed E-state index contributed by atoms with van der Waals surface area (Å²) in [5.41, 5.74) is 6.11. The van der Waals surface area contributed by atoms with Crippen LogP contribution in [0, 0.1) is 0 Å². The third kappa shape index (κ3) is 3.86. The van der Waals surface area contributed by atoms with E-state index < -0.39 is 0 Å². The summed E-state index contributed by atoms with van der Waals surface area (Å²) >= 11 is 0. The molecule has 0 fully saturated rings. The maximum Gasteiger partial charge on any atom is 0.251 e. The third-order valence-corrected chi connectivity index (χ3v) is 3.45. The van der Waals surface area contributed by atoms with Gasteiger partial charge >= 0.3 is 0 Å². The van der Waals surface area contributed by atoms with Crippen LogP contribution in [0.25, 0.3) is 0 Å². The Morgan fingerprint density at radius 3 is 2.53 bits per heavy atom. The molecule has 1 aromatic carbocycles. The number of phenols is 1. The normalized spacial score (nSPS) is 11.2. The van der Waals surface area contributed by atoms with E-state index in [9.17, 15) is 9.90 Å². The summed E-state index contributed by atoms with van der Waals surface area (Å²) in [4.78, 5) is 12.0. The lowest BCUT2D eigenvalue weighted by molar-refractivity contribution is 0.0941. The molecule has 0 aliphatic carbocycles. The zero-order valence-corrected chi connectivity index (χ0v) is 11.7. The number of carbonyl (C=O) groups excluding carboxylic acids is 1. The maximum atomic E-state index is 12.0. The number of carbonyl (C=O) groups is 1. The summed E-state index contributed by atoms with van der Waals surface area (Å²) in [7, 11) is 1.46. The SMILES string of the molecule is CCC(N)(CC)CNC(=O)c1ccc(OC)c(O)c1. The van der Waals surface area contributed by atoms with Gasteiger partial charge in [0.15, 0.2) is 11.5 Å². The fraction of sp³-hybridized carbons (Fsp3) is 0.500. The molecule has 0 heterocycles. The Balaban J connectivity index is 2.71. The average molecular weight is 266 g/mol. The van der Waals surface area contributed by atoms with E-state index in [2.05, 4.69) is 5.32 Å². The Morgan fingerprint density at radius 2 is 2.05 bits per heavy atom. The molecule has 0 saturated carbocycles. The second kappa shape index (κ2) is 6.43. The highest BCUT2D eigenvalue weighted by atomic mass is 16.5. The van der Waals surface area contributed by atoms with Gasteiger partial charge in [-0.2, -0.15) is 0 Å². The molecule has 1 amide bonds. The summed E-state index contributed by atoms with van der Waals surface area (Å²) in [6, 6.07) is 4.54. The van der Waals surface area contributed by atoms with Gasteiger partial charge in [0, 0.05) is 17.6 Å². The van der Waals surface area contributed by atoms with E-state index in [1.54, 1.807) is 12.1 Å². The number of aromatic hydroxyl groups is 1. The molecule has 1 aromatic rings. The fourth-order valence-corrected chi connectivity index (χ4v) is 1.69. The second-order valence-electron chi connectivity index (χ2n) is 4.64. The number of nitrogens with two attached hydrogens (primary N) is 1. The van der Waals surface area contributed by atoms with Crippen molar-refractivity contribution in [2.75, 3.05) is 13.7 Å². The first-order valence-electron chi connectivity index (χ1n) is 6.40. The Labute approximate surface area is 113 Å². The van der Waals surface area contributed by atoms with Gasteiger partial charge in [-0.1, -0.05) is 13.8 Å². The first-order chi connectivity index (χ1) is 8.95. The molecule has 1 rings (SSSR count). The quantitative estimate of drug-likeness (QED) is 0.731. The van der Waals surface area contributed by atoms with Crippen molar-refractivity contribution >= 4 is 5.91 Å². The van der Waals surface area contributed by atoms with Crippen LogP contribution in [-0.2, 0) is 0 Å². The number of nitrogens with one attached hydrogen (secondary N) is 1. The van der Waals surface area contributed by atoms with Gasteiger partial charge in [0.25, 0.3) is 5.91 Å². The van der Waals surface area contributed by atoms with Gasteiger partial charge in [0.1, 0.15) is 0 Å². The predicted octanol–water partition coefficient (Wildman–Crippen LogP) is 1.65. The molecule has 0 aromatic heterocycles. The lowest BCUT2D eigenvalue weighted by atomic mass is 9.94. The van der Waals surface area contributed by atoms with Crippen LogP contribution in [0.2, 0.25) is 0 Å². The summed E-state index contributed by atoms with van der Waals surface area (Å²) in [6.07, 6.45) is 1.58. The summed E-state index contributed by atoms with van der Waals surface area (Å²) in [5, 5.41) is 12.4. The Hall–Kier alpha value is -1.75. The summed E-state index contributed by atoms with van der Waals surface area (Å²) in [5.74, 6) is 0.0293. The van der Waals surface area contributed by atoms with Crippen LogP contribution in [0.5, 0.6) is 11.5 Å². The molecule has 4 N–H and O–H groups in total. The molecule has 0 aliphatic rings. The molecular weight excluding hydrogens is 244 g/mol. The zero-order valence-electron chi connectivity index (χ0n) is 11.7. The first kappa shape index (κ1) is 15.3. The highest BCUT2D eigenvalue weighted by molar-refractivity contribution is 5.94. The van der Waals surface area contributed by atoms with Gasteiger partial charge in [-0.3, -0.25) is 4.79 Å². The van der Waals surface area contributed by atoms with Crippen LogP contribution in [0.4, 0.5) is 0 Å². The minimum absolute atomic E-state index is 0.0554. The van der Waals surface area contributed by atoms with Gasteiger partial charge in [0.05, 0.1) is 7.11 Å². The topological polar surface area (TPSA) is 84.6 Å². The number of ether oxygens (including phenoxy) is 1. The molecule has 0 atom stereocenters. The highest BCUT2D eigenvalue weighted by Crippen LogP contribution is 2.26. The van der Waals surface area contributed by atoms with Crippen LogP contribution in [0.1, 0.15) is 37.0 Å².